The second kappa shape index (κ2) is 6.89. The number of β-amino-alcohol motifs (C(OH)–C–C–N with tert-alkyl or cyclic N) is 1. The summed E-state index contributed by atoms with van der Waals surface area (Å²) in [6, 6.07) is 8.22. The normalized spacial score (nSPS) is 18.6. The molecule has 2 N–H and O–H groups in total. The molecule has 2 rings (SSSR count). The van der Waals surface area contributed by atoms with Crippen molar-refractivity contribution in [3.05, 3.63) is 29.8 Å². The molecule has 4 nitrogen and oxygen atoms in total. The minimum absolute atomic E-state index is 0.240. The molecule has 1 atom stereocenters. The van der Waals surface area contributed by atoms with Crippen LogP contribution in [0.3, 0.4) is 0 Å². The molecule has 1 fully saturated rings. The second-order valence-corrected chi connectivity index (χ2v) is 5.07. The van der Waals surface area contributed by atoms with Crippen molar-refractivity contribution in [2.75, 3.05) is 44.2 Å². The molecular weight excluding hydrogens is 240 g/mol. The lowest BCUT2D eigenvalue weighted by Crippen LogP contribution is -2.47. The van der Waals surface area contributed by atoms with Crippen LogP contribution >= 0.6 is 0 Å². The number of aliphatic hydroxyl groups excluding tert-OH is 2. The third-order valence-electron chi connectivity index (χ3n) is 3.82. The molecule has 1 aromatic carbocycles. The van der Waals surface area contributed by atoms with Gasteiger partial charge in [-0.2, -0.15) is 0 Å². The molecule has 0 saturated carbocycles. The first-order valence-corrected chi connectivity index (χ1v) is 7.10. The molecule has 0 spiro atoms. The Hall–Kier alpha value is -1.10. The predicted molar refractivity (Wildman–Crippen MR) is 77.4 cm³/mol. The Morgan fingerprint density at radius 2 is 1.74 bits per heavy atom. The van der Waals surface area contributed by atoms with Crippen LogP contribution in [0, 0.1) is 0 Å². The van der Waals surface area contributed by atoms with Crippen LogP contribution in [0.15, 0.2) is 24.3 Å². The molecule has 0 radical (unpaired) electrons. The van der Waals surface area contributed by atoms with Crippen LogP contribution in [0.1, 0.15) is 25.0 Å². The Morgan fingerprint density at radius 1 is 1.11 bits per heavy atom. The Labute approximate surface area is 115 Å². The average molecular weight is 264 g/mol. The number of benzene rings is 1. The van der Waals surface area contributed by atoms with Crippen LogP contribution < -0.4 is 4.90 Å². The van der Waals surface area contributed by atoms with Crippen molar-refractivity contribution in [2.45, 2.75) is 19.4 Å². The van der Waals surface area contributed by atoms with Gasteiger partial charge in [0.05, 0.1) is 12.7 Å². The van der Waals surface area contributed by atoms with E-state index in [-0.39, 0.29) is 12.7 Å². The zero-order valence-electron chi connectivity index (χ0n) is 11.6. The third kappa shape index (κ3) is 3.69. The standard InChI is InChI=1S/C15H24N2O2/c1-2-15(19)13-3-5-14(6-4-13)17-9-7-16(8-10-17)11-12-18/h3-6,15,18-19H,2,7-12H2,1H3. The van der Waals surface area contributed by atoms with Crippen molar-refractivity contribution in [3.63, 3.8) is 0 Å². The topological polar surface area (TPSA) is 46.9 Å². The minimum Gasteiger partial charge on any atom is -0.395 e. The van der Waals surface area contributed by atoms with Crippen LogP contribution in [0.4, 0.5) is 5.69 Å². The summed E-state index contributed by atoms with van der Waals surface area (Å²) < 4.78 is 0. The molecule has 1 heterocycles. The maximum Gasteiger partial charge on any atom is 0.0787 e. The van der Waals surface area contributed by atoms with Crippen molar-refractivity contribution >= 4 is 5.69 Å². The first kappa shape index (κ1) is 14.3. The fourth-order valence-corrected chi connectivity index (χ4v) is 2.51. The first-order chi connectivity index (χ1) is 9.24. The molecule has 1 aromatic rings. The summed E-state index contributed by atoms with van der Waals surface area (Å²) in [5.41, 5.74) is 2.21. The van der Waals surface area contributed by atoms with E-state index >= 15 is 0 Å². The number of hydrogen-bond acceptors (Lipinski definition) is 4. The Morgan fingerprint density at radius 3 is 2.26 bits per heavy atom. The number of nitrogens with zero attached hydrogens (tertiary/aromatic N) is 2. The van der Waals surface area contributed by atoms with Crippen molar-refractivity contribution in [1.82, 2.24) is 4.90 Å². The maximum atomic E-state index is 9.78. The molecule has 0 amide bonds. The van der Waals surface area contributed by atoms with Gasteiger partial charge >= 0.3 is 0 Å². The van der Waals surface area contributed by atoms with E-state index in [2.05, 4.69) is 21.9 Å². The third-order valence-corrected chi connectivity index (χ3v) is 3.82. The van der Waals surface area contributed by atoms with Crippen LogP contribution in [0.5, 0.6) is 0 Å². The monoisotopic (exact) mass is 264 g/mol. The van der Waals surface area contributed by atoms with Crippen molar-refractivity contribution in [2.24, 2.45) is 0 Å². The zero-order chi connectivity index (χ0) is 13.7. The number of piperazine rings is 1. The lowest BCUT2D eigenvalue weighted by atomic mass is 10.1. The largest absolute Gasteiger partial charge is 0.395 e. The highest BCUT2D eigenvalue weighted by molar-refractivity contribution is 5.48. The van der Waals surface area contributed by atoms with Gasteiger partial charge in [0.25, 0.3) is 0 Å². The van der Waals surface area contributed by atoms with Crippen molar-refractivity contribution in [1.29, 1.82) is 0 Å². The van der Waals surface area contributed by atoms with E-state index in [1.165, 1.54) is 5.69 Å². The molecule has 0 aromatic heterocycles. The van der Waals surface area contributed by atoms with Crippen LogP contribution in [0.25, 0.3) is 0 Å². The number of rotatable bonds is 5. The lowest BCUT2D eigenvalue weighted by molar-refractivity contribution is 0.173. The molecule has 106 valence electrons. The second-order valence-electron chi connectivity index (χ2n) is 5.07. The summed E-state index contributed by atoms with van der Waals surface area (Å²) in [6.07, 6.45) is 0.398. The van der Waals surface area contributed by atoms with Gasteiger partial charge in [-0.15, -0.1) is 0 Å². The Bertz CT molecular complexity index is 372. The molecule has 1 aliphatic heterocycles. The number of aliphatic hydroxyl groups is 2. The summed E-state index contributed by atoms with van der Waals surface area (Å²) in [5.74, 6) is 0. The highest BCUT2D eigenvalue weighted by atomic mass is 16.3. The number of hydrogen-bond donors (Lipinski definition) is 2. The van der Waals surface area contributed by atoms with Gasteiger partial charge in [-0.3, -0.25) is 4.90 Å². The van der Waals surface area contributed by atoms with E-state index < -0.39 is 0 Å². The molecule has 4 heteroatoms. The van der Waals surface area contributed by atoms with Crippen LogP contribution in [-0.2, 0) is 0 Å². The highest BCUT2D eigenvalue weighted by Gasteiger charge is 2.16. The van der Waals surface area contributed by atoms with Crippen LogP contribution in [-0.4, -0.2) is 54.4 Å². The van der Waals surface area contributed by atoms with Crippen LogP contribution in [0.2, 0.25) is 0 Å². The highest BCUT2D eigenvalue weighted by Crippen LogP contribution is 2.21. The number of anilines is 1. The van der Waals surface area contributed by atoms with Gasteiger partial charge in [-0.05, 0) is 24.1 Å². The van der Waals surface area contributed by atoms with E-state index in [0.29, 0.717) is 0 Å². The summed E-state index contributed by atoms with van der Waals surface area (Å²) >= 11 is 0. The predicted octanol–water partition coefficient (Wildman–Crippen LogP) is 1.24. The van der Waals surface area contributed by atoms with Gasteiger partial charge in [0, 0.05) is 38.4 Å². The lowest BCUT2D eigenvalue weighted by Gasteiger charge is -2.35. The van der Waals surface area contributed by atoms with Gasteiger partial charge in [-0.1, -0.05) is 19.1 Å². The molecule has 1 aliphatic rings. The van der Waals surface area contributed by atoms with Gasteiger partial charge in [0.15, 0.2) is 0 Å². The summed E-state index contributed by atoms with van der Waals surface area (Å²) in [4.78, 5) is 4.64. The molecule has 0 bridgehead atoms. The van der Waals surface area contributed by atoms with E-state index in [1.54, 1.807) is 0 Å². The van der Waals surface area contributed by atoms with E-state index in [4.69, 9.17) is 5.11 Å². The van der Waals surface area contributed by atoms with Gasteiger partial charge < -0.3 is 15.1 Å². The Kier molecular flexibility index (Phi) is 5.19. The van der Waals surface area contributed by atoms with E-state index in [0.717, 1.165) is 44.7 Å². The fraction of sp³-hybridized carbons (Fsp3) is 0.600. The van der Waals surface area contributed by atoms with Crippen molar-refractivity contribution < 1.29 is 10.2 Å². The van der Waals surface area contributed by atoms with E-state index in [9.17, 15) is 5.11 Å². The van der Waals surface area contributed by atoms with E-state index in [1.807, 2.05) is 19.1 Å². The van der Waals surface area contributed by atoms with Crippen molar-refractivity contribution in [3.8, 4) is 0 Å². The summed E-state index contributed by atoms with van der Waals surface area (Å²) in [5, 5.41) is 18.7. The van der Waals surface area contributed by atoms with Gasteiger partial charge in [0.1, 0.15) is 0 Å². The minimum atomic E-state index is -0.351. The summed E-state index contributed by atoms with van der Waals surface area (Å²) in [6.45, 7) is 6.99. The molecule has 1 unspecified atom stereocenters. The Balaban J connectivity index is 1.92. The summed E-state index contributed by atoms with van der Waals surface area (Å²) in [7, 11) is 0. The first-order valence-electron chi connectivity index (χ1n) is 7.10. The van der Waals surface area contributed by atoms with Gasteiger partial charge in [0.2, 0.25) is 0 Å². The maximum absolute atomic E-state index is 9.78. The zero-order valence-corrected chi connectivity index (χ0v) is 11.6. The molecule has 19 heavy (non-hydrogen) atoms. The average Bonchev–Trinajstić information content (AvgIpc) is 2.48. The SMILES string of the molecule is CCC(O)c1ccc(N2CCN(CCO)CC2)cc1. The molecular formula is C15H24N2O2. The molecule has 1 saturated heterocycles. The quantitative estimate of drug-likeness (QED) is 0.840. The smallest absolute Gasteiger partial charge is 0.0787 e. The van der Waals surface area contributed by atoms with Gasteiger partial charge in [-0.25, -0.2) is 0 Å². The fourth-order valence-electron chi connectivity index (χ4n) is 2.51. The molecule has 0 aliphatic carbocycles.